The number of carbonyl (C=O) groups is 1. The lowest BCUT2D eigenvalue weighted by molar-refractivity contribution is -0.130. The van der Waals surface area contributed by atoms with E-state index in [0.717, 1.165) is 57.8 Å². The fraction of sp³-hybridized carbons (Fsp3) is 0.542. The molecule has 2 aliphatic heterocycles. The van der Waals surface area contributed by atoms with Gasteiger partial charge in [0.2, 0.25) is 5.91 Å². The monoisotopic (exact) mass is 392 g/mol. The summed E-state index contributed by atoms with van der Waals surface area (Å²) < 4.78 is 0. The average molecular weight is 393 g/mol. The lowest BCUT2D eigenvalue weighted by Gasteiger charge is -2.32. The van der Waals surface area contributed by atoms with Crippen LogP contribution in [-0.2, 0) is 24.3 Å². The Labute approximate surface area is 174 Å². The van der Waals surface area contributed by atoms with Crippen LogP contribution in [0.15, 0.2) is 30.5 Å². The van der Waals surface area contributed by atoms with Crippen LogP contribution in [0.25, 0.3) is 0 Å². The van der Waals surface area contributed by atoms with Crippen LogP contribution in [0.1, 0.15) is 73.7 Å². The zero-order valence-electron chi connectivity index (χ0n) is 17.9. The lowest BCUT2D eigenvalue weighted by Crippen LogP contribution is -2.38. The van der Waals surface area contributed by atoms with Gasteiger partial charge in [-0.2, -0.15) is 0 Å². The maximum Gasteiger partial charge on any atom is 0.219 e. The van der Waals surface area contributed by atoms with Crippen molar-refractivity contribution in [2.45, 2.75) is 65.0 Å². The minimum atomic E-state index is 0.157. The van der Waals surface area contributed by atoms with Gasteiger partial charge in [0.25, 0.3) is 0 Å². The molecule has 1 aromatic heterocycles. The molecule has 1 fully saturated rings. The first kappa shape index (κ1) is 20.0. The van der Waals surface area contributed by atoms with Gasteiger partial charge in [-0.15, -0.1) is 0 Å². The van der Waals surface area contributed by atoms with Crippen molar-refractivity contribution in [1.82, 2.24) is 19.8 Å². The van der Waals surface area contributed by atoms with E-state index in [2.05, 4.69) is 43.0 Å². The van der Waals surface area contributed by atoms with Gasteiger partial charge in [-0.05, 0) is 29.9 Å². The summed E-state index contributed by atoms with van der Waals surface area (Å²) in [5.41, 5.74) is 5.20. The fourth-order valence-electron chi connectivity index (χ4n) is 4.46. The molecule has 0 bridgehead atoms. The van der Waals surface area contributed by atoms with Gasteiger partial charge >= 0.3 is 0 Å². The Hall–Kier alpha value is -2.27. The average Bonchev–Trinajstić information content (AvgIpc) is 2.74. The van der Waals surface area contributed by atoms with Crippen molar-refractivity contribution in [1.29, 1.82) is 0 Å². The Kier molecular flexibility index (Phi) is 5.95. The molecular formula is C24H32N4O. The number of fused-ring (bicyclic) bond motifs is 1. The standard InChI is InChI=1S/C24H32N4O/c1-17(2)20-8-6-19(7-9-20)14-27-12-10-23-22(15-27)13-25-24(26-23)21-5-4-11-28(16-21)18(3)29/h6-9,13,17,21H,4-5,10-12,14-16H2,1-3H3/t21-/m0/s1. The number of piperidine rings is 1. The number of hydrogen-bond donors (Lipinski definition) is 0. The summed E-state index contributed by atoms with van der Waals surface area (Å²) in [4.78, 5) is 25.8. The van der Waals surface area contributed by atoms with Crippen LogP contribution in [0.5, 0.6) is 0 Å². The van der Waals surface area contributed by atoms with E-state index in [1.165, 1.54) is 22.4 Å². The number of amides is 1. The molecule has 5 nitrogen and oxygen atoms in total. The quantitative estimate of drug-likeness (QED) is 0.792. The van der Waals surface area contributed by atoms with Crippen molar-refractivity contribution < 1.29 is 4.79 Å². The molecule has 0 radical (unpaired) electrons. The molecule has 0 saturated carbocycles. The van der Waals surface area contributed by atoms with Crippen molar-refractivity contribution in [2.24, 2.45) is 0 Å². The SMILES string of the molecule is CC(=O)N1CCC[C@H](c2ncc3c(n2)CCN(Cc2ccc(C(C)C)cc2)C3)C1. The van der Waals surface area contributed by atoms with Gasteiger partial charge in [-0.25, -0.2) is 9.97 Å². The third kappa shape index (κ3) is 4.67. The first-order chi connectivity index (χ1) is 14.0. The maximum absolute atomic E-state index is 11.7. The van der Waals surface area contributed by atoms with Crippen molar-refractivity contribution in [2.75, 3.05) is 19.6 Å². The molecule has 1 saturated heterocycles. The number of benzene rings is 1. The summed E-state index contributed by atoms with van der Waals surface area (Å²) in [6.45, 7) is 10.6. The summed E-state index contributed by atoms with van der Waals surface area (Å²) in [7, 11) is 0. The van der Waals surface area contributed by atoms with Crippen LogP contribution in [-0.4, -0.2) is 45.3 Å². The highest BCUT2D eigenvalue weighted by atomic mass is 16.2. The fourth-order valence-corrected chi connectivity index (χ4v) is 4.46. The van der Waals surface area contributed by atoms with Gasteiger partial charge in [0.1, 0.15) is 5.82 Å². The van der Waals surface area contributed by atoms with Gasteiger partial charge in [0.15, 0.2) is 0 Å². The Morgan fingerprint density at radius 2 is 2.00 bits per heavy atom. The molecule has 1 atom stereocenters. The molecule has 2 aromatic rings. The highest BCUT2D eigenvalue weighted by Gasteiger charge is 2.26. The highest BCUT2D eigenvalue weighted by molar-refractivity contribution is 5.73. The van der Waals surface area contributed by atoms with E-state index in [9.17, 15) is 4.79 Å². The highest BCUT2D eigenvalue weighted by Crippen LogP contribution is 2.27. The Bertz CT molecular complexity index is 862. The number of nitrogens with zero attached hydrogens (tertiary/aromatic N) is 4. The Morgan fingerprint density at radius 1 is 1.21 bits per heavy atom. The number of aromatic nitrogens is 2. The summed E-state index contributed by atoms with van der Waals surface area (Å²) in [6.07, 6.45) is 5.10. The predicted octanol–water partition coefficient (Wildman–Crippen LogP) is 3.88. The van der Waals surface area contributed by atoms with Crippen LogP contribution in [0.4, 0.5) is 0 Å². The minimum Gasteiger partial charge on any atom is -0.342 e. The van der Waals surface area contributed by atoms with Crippen LogP contribution in [0.3, 0.4) is 0 Å². The second kappa shape index (κ2) is 8.62. The molecule has 0 spiro atoms. The molecule has 0 N–H and O–H groups in total. The van der Waals surface area contributed by atoms with Crippen molar-refractivity contribution in [3.05, 3.63) is 58.7 Å². The number of likely N-dealkylation sites (tertiary alicyclic amines) is 1. The normalized spacial score (nSPS) is 20.0. The molecule has 5 heteroatoms. The smallest absolute Gasteiger partial charge is 0.219 e. The first-order valence-electron chi connectivity index (χ1n) is 10.9. The second-order valence-corrected chi connectivity index (χ2v) is 8.86. The van der Waals surface area contributed by atoms with Gasteiger partial charge in [0, 0.05) is 69.4 Å². The molecule has 0 aliphatic carbocycles. The first-order valence-corrected chi connectivity index (χ1v) is 10.9. The summed E-state index contributed by atoms with van der Waals surface area (Å²) >= 11 is 0. The number of carbonyl (C=O) groups excluding carboxylic acids is 1. The topological polar surface area (TPSA) is 49.3 Å². The molecule has 4 rings (SSSR count). The maximum atomic E-state index is 11.7. The largest absolute Gasteiger partial charge is 0.342 e. The second-order valence-electron chi connectivity index (χ2n) is 8.86. The van der Waals surface area contributed by atoms with Gasteiger partial charge in [0.05, 0.1) is 0 Å². The Balaban J connectivity index is 1.41. The van der Waals surface area contributed by atoms with Crippen LogP contribution < -0.4 is 0 Å². The Morgan fingerprint density at radius 3 is 2.72 bits per heavy atom. The molecule has 0 unspecified atom stereocenters. The predicted molar refractivity (Wildman–Crippen MR) is 115 cm³/mol. The van der Waals surface area contributed by atoms with Crippen molar-refractivity contribution >= 4 is 5.91 Å². The van der Waals surface area contributed by atoms with E-state index in [1.807, 2.05) is 11.1 Å². The van der Waals surface area contributed by atoms with Gasteiger partial charge in [-0.1, -0.05) is 38.1 Å². The van der Waals surface area contributed by atoms with E-state index in [-0.39, 0.29) is 11.8 Å². The van der Waals surface area contributed by atoms with E-state index >= 15 is 0 Å². The molecule has 2 aliphatic rings. The van der Waals surface area contributed by atoms with Gasteiger partial charge in [-0.3, -0.25) is 9.69 Å². The van der Waals surface area contributed by atoms with Crippen molar-refractivity contribution in [3.8, 4) is 0 Å². The van der Waals surface area contributed by atoms with E-state index in [1.54, 1.807) is 6.92 Å². The van der Waals surface area contributed by atoms with E-state index in [0.29, 0.717) is 5.92 Å². The molecule has 3 heterocycles. The number of hydrogen-bond acceptors (Lipinski definition) is 4. The molecule has 1 amide bonds. The molecule has 154 valence electrons. The zero-order valence-corrected chi connectivity index (χ0v) is 17.9. The molecular weight excluding hydrogens is 360 g/mol. The van der Waals surface area contributed by atoms with Gasteiger partial charge < -0.3 is 4.90 Å². The number of rotatable bonds is 4. The minimum absolute atomic E-state index is 0.157. The summed E-state index contributed by atoms with van der Waals surface area (Å²) in [6, 6.07) is 9.02. The third-order valence-corrected chi connectivity index (χ3v) is 6.32. The van der Waals surface area contributed by atoms with Crippen LogP contribution in [0, 0.1) is 0 Å². The van der Waals surface area contributed by atoms with E-state index in [4.69, 9.17) is 9.97 Å². The zero-order chi connectivity index (χ0) is 20.4. The third-order valence-electron chi connectivity index (χ3n) is 6.32. The summed E-state index contributed by atoms with van der Waals surface area (Å²) in [5, 5.41) is 0. The molecule has 29 heavy (non-hydrogen) atoms. The van der Waals surface area contributed by atoms with Crippen LogP contribution >= 0.6 is 0 Å². The van der Waals surface area contributed by atoms with E-state index < -0.39 is 0 Å². The molecule has 1 aromatic carbocycles. The van der Waals surface area contributed by atoms with Crippen molar-refractivity contribution in [3.63, 3.8) is 0 Å². The lowest BCUT2D eigenvalue weighted by atomic mass is 9.96. The summed E-state index contributed by atoms with van der Waals surface area (Å²) in [5.74, 6) is 1.93. The van der Waals surface area contributed by atoms with Crippen LogP contribution in [0.2, 0.25) is 0 Å².